The van der Waals surface area contributed by atoms with Crippen molar-refractivity contribution in [3.05, 3.63) is 59.2 Å². The number of nitrogens with zero attached hydrogens (tertiary/aromatic N) is 1. The van der Waals surface area contributed by atoms with Crippen LogP contribution in [-0.4, -0.2) is 62.0 Å². The molecule has 0 spiro atoms. The predicted octanol–water partition coefficient (Wildman–Crippen LogP) is 2.48. The second kappa shape index (κ2) is 11.5. The minimum atomic E-state index is -0.759. The Labute approximate surface area is 200 Å². The fourth-order valence-electron chi connectivity index (χ4n) is 4.21. The first-order valence-corrected chi connectivity index (χ1v) is 11.4. The van der Waals surface area contributed by atoms with Gasteiger partial charge in [0, 0.05) is 43.6 Å². The molecule has 8 heteroatoms. The number of rotatable bonds is 8. The summed E-state index contributed by atoms with van der Waals surface area (Å²) in [5.41, 5.74) is 2.49. The van der Waals surface area contributed by atoms with Gasteiger partial charge in [-0.1, -0.05) is 17.7 Å². The van der Waals surface area contributed by atoms with E-state index < -0.39 is 6.04 Å². The Kier molecular flexibility index (Phi) is 8.51. The number of hydrogen-bond acceptors (Lipinski definition) is 5. The lowest BCUT2D eigenvalue weighted by atomic mass is 10.0. The summed E-state index contributed by atoms with van der Waals surface area (Å²) in [5, 5.41) is 5.80. The van der Waals surface area contributed by atoms with E-state index in [0.717, 1.165) is 11.1 Å². The van der Waals surface area contributed by atoms with Crippen molar-refractivity contribution in [1.82, 2.24) is 15.5 Å². The topological polar surface area (TPSA) is 97.0 Å². The highest BCUT2D eigenvalue weighted by Gasteiger charge is 2.28. The van der Waals surface area contributed by atoms with Crippen molar-refractivity contribution in [2.75, 3.05) is 27.3 Å². The molecule has 3 amide bonds. The quantitative estimate of drug-likeness (QED) is 0.622. The third-order valence-electron chi connectivity index (χ3n) is 6.00. The summed E-state index contributed by atoms with van der Waals surface area (Å²) in [5.74, 6) is 0.717. The first-order valence-electron chi connectivity index (χ1n) is 11.4. The second-order valence-corrected chi connectivity index (χ2v) is 8.58. The van der Waals surface area contributed by atoms with Crippen molar-refractivity contribution >= 4 is 17.7 Å². The molecule has 182 valence electrons. The first-order chi connectivity index (χ1) is 16.3. The van der Waals surface area contributed by atoms with E-state index >= 15 is 0 Å². The van der Waals surface area contributed by atoms with Crippen molar-refractivity contribution in [2.24, 2.45) is 0 Å². The molecule has 2 aromatic carbocycles. The van der Waals surface area contributed by atoms with Gasteiger partial charge < -0.3 is 25.0 Å². The van der Waals surface area contributed by atoms with Crippen LogP contribution in [0.5, 0.6) is 11.5 Å². The highest BCUT2D eigenvalue weighted by Crippen LogP contribution is 2.25. The molecule has 0 unspecified atom stereocenters. The Morgan fingerprint density at radius 1 is 1.06 bits per heavy atom. The SMILES string of the molecule is COc1ccc(OC)c(C[C@H](NC(C)=O)C(=O)NC2CCN(C(=O)c3cccc(C)c3)CC2)c1. The van der Waals surface area contributed by atoms with Crippen molar-refractivity contribution in [3.8, 4) is 11.5 Å². The second-order valence-electron chi connectivity index (χ2n) is 8.58. The summed E-state index contributed by atoms with van der Waals surface area (Å²) in [6.45, 7) is 4.47. The summed E-state index contributed by atoms with van der Waals surface area (Å²) in [6.07, 6.45) is 1.56. The fraction of sp³-hybridized carbons (Fsp3) is 0.423. The lowest BCUT2D eigenvalue weighted by Gasteiger charge is -2.33. The molecule has 0 aliphatic carbocycles. The summed E-state index contributed by atoms with van der Waals surface area (Å²) in [6, 6.07) is 12.1. The average Bonchev–Trinajstić information content (AvgIpc) is 2.83. The van der Waals surface area contributed by atoms with Gasteiger partial charge in [0.05, 0.1) is 14.2 Å². The van der Waals surface area contributed by atoms with E-state index in [1.807, 2.05) is 36.1 Å². The molecule has 0 bridgehead atoms. The Hall–Kier alpha value is -3.55. The van der Waals surface area contributed by atoms with Crippen LogP contribution in [-0.2, 0) is 16.0 Å². The molecule has 2 N–H and O–H groups in total. The predicted molar refractivity (Wildman–Crippen MR) is 129 cm³/mol. The fourth-order valence-corrected chi connectivity index (χ4v) is 4.21. The molecule has 1 heterocycles. The van der Waals surface area contributed by atoms with Crippen LogP contribution in [0.2, 0.25) is 0 Å². The van der Waals surface area contributed by atoms with Gasteiger partial charge in [0.25, 0.3) is 5.91 Å². The van der Waals surface area contributed by atoms with E-state index in [-0.39, 0.29) is 30.2 Å². The van der Waals surface area contributed by atoms with Crippen LogP contribution < -0.4 is 20.1 Å². The van der Waals surface area contributed by atoms with E-state index in [9.17, 15) is 14.4 Å². The lowest BCUT2D eigenvalue weighted by molar-refractivity contribution is -0.128. The number of carbonyl (C=O) groups excluding carboxylic acids is 3. The minimum absolute atomic E-state index is 0.00900. The molecule has 1 aliphatic heterocycles. The number of likely N-dealkylation sites (tertiary alicyclic amines) is 1. The van der Waals surface area contributed by atoms with E-state index in [2.05, 4.69) is 10.6 Å². The number of methoxy groups -OCH3 is 2. The maximum atomic E-state index is 13.1. The zero-order valence-electron chi connectivity index (χ0n) is 20.2. The van der Waals surface area contributed by atoms with E-state index in [1.54, 1.807) is 32.4 Å². The molecule has 1 saturated heterocycles. The molecule has 0 saturated carbocycles. The van der Waals surface area contributed by atoms with Gasteiger partial charge in [0.2, 0.25) is 11.8 Å². The number of amides is 3. The third-order valence-corrected chi connectivity index (χ3v) is 6.00. The smallest absolute Gasteiger partial charge is 0.253 e. The van der Waals surface area contributed by atoms with Crippen LogP contribution in [0.1, 0.15) is 41.3 Å². The van der Waals surface area contributed by atoms with Crippen molar-refractivity contribution in [3.63, 3.8) is 0 Å². The minimum Gasteiger partial charge on any atom is -0.497 e. The normalized spacial score (nSPS) is 14.8. The van der Waals surface area contributed by atoms with Gasteiger partial charge in [-0.05, 0) is 50.1 Å². The average molecular weight is 468 g/mol. The van der Waals surface area contributed by atoms with E-state index in [4.69, 9.17) is 9.47 Å². The third kappa shape index (κ3) is 6.50. The Balaban J connectivity index is 1.62. The van der Waals surface area contributed by atoms with Gasteiger partial charge in [0.15, 0.2) is 0 Å². The standard InChI is InChI=1S/C26H33N3O5/c1-17-6-5-7-19(14-17)26(32)29-12-10-21(11-13-29)28-25(31)23(27-18(2)30)16-20-15-22(33-3)8-9-24(20)34-4/h5-9,14-15,21,23H,10-13,16H2,1-4H3,(H,27,30)(H,28,31)/t23-/m0/s1. The van der Waals surface area contributed by atoms with Crippen molar-refractivity contribution in [2.45, 2.75) is 45.2 Å². The van der Waals surface area contributed by atoms with Crippen LogP contribution in [0.3, 0.4) is 0 Å². The molecule has 0 aromatic heterocycles. The van der Waals surface area contributed by atoms with Crippen LogP contribution >= 0.6 is 0 Å². The van der Waals surface area contributed by atoms with Crippen LogP contribution in [0.4, 0.5) is 0 Å². The molecule has 34 heavy (non-hydrogen) atoms. The van der Waals surface area contributed by atoms with Gasteiger partial charge >= 0.3 is 0 Å². The number of piperidine rings is 1. The number of hydrogen-bond donors (Lipinski definition) is 2. The number of nitrogens with one attached hydrogen (secondary N) is 2. The van der Waals surface area contributed by atoms with Crippen LogP contribution in [0.15, 0.2) is 42.5 Å². The summed E-state index contributed by atoms with van der Waals surface area (Å²) in [4.78, 5) is 39.5. The Bertz CT molecular complexity index is 1030. The van der Waals surface area contributed by atoms with Crippen molar-refractivity contribution in [1.29, 1.82) is 0 Å². The number of ether oxygens (including phenoxy) is 2. The molecule has 0 radical (unpaired) electrons. The summed E-state index contributed by atoms with van der Waals surface area (Å²) in [7, 11) is 3.13. The van der Waals surface area contributed by atoms with Gasteiger partial charge in [-0.3, -0.25) is 14.4 Å². The molecule has 1 fully saturated rings. The van der Waals surface area contributed by atoms with E-state index in [0.29, 0.717) is 43.0 Å². The number of carbonyl (C=O) groups is 3. The first kappa shape index (κ1) is 25.1. The van der Waals surface area contributed by atoms with Crippen LogP contribution in [0, 0.1) is 6.92 Å². The molecular formula is C26H33N3O5. The molecule has 8 nitrogen and oxygen atoms in total. The van der Waals surface area contributed by atoms with Gasteiger partial charge in [-0.2, -0.15) is 0 Å². The zero-order chi connectivity index (χ0) is 24.7. The lowest BCUT2D eigenvalue weighted by Crippen LogP contribution is -2.53. The largest absolute Gasteiger partial charge is 0.497 e. The number of aryl methyl sites for hydroxylation is 1. The molecule has 1 aliphatic rings. The highest BCUT2D eigenvalue weighted by molar-refractivity contribution is 5.94. The maximum Gasteiger partial charge on any atom is 0.253 e. The number of benzene rings is 2. The zero-order valence-corrected chi connectivity index (χ0v) is 20.2. The molecule has 2 aromatic rings. The Morgan fingerprint density at radius 3 is 2.41 bits per heavy atom. The monoisotopic (exact) mass is 467 g/mol. The van der Waals surface area contributed by atoms with Crippen molar-refractivity contribution < 1.29 is 23.9 Å². The highest BCUT2D eigenvalue weighted by atomic mass is 16.5. The molecule has 1 atom stereocenters. The summed E-state index contributed by atoms with van der Waals surface area (Å²) < 4.78 is 10.7. The molecular weight excluding hydrogens is 434 g/mol. The van der Waals surface area contributed by atoms with E-state index in [1.165, 1.54) is 6.92 Å². The Morgan fingerprint density at radius 2 is 1.79 bits per heavy atom. The van der Waals surface area contributed by atoms with Crippen LogP contribution in [0.25, 0.3) is 0 Å². The van der Waals surface area contributed by atoms with Gasteiger partial charge in [-0.25, -0.2) is 0 Å². The summed E-state index contributed by atoms with van der Waals surface area (Å²) >= 11 is 0. The van der Waals surface area contributed by atoms with Gasteiger partial charge in [-0.15, -0.1) is 0 Å². The molecule has 3 rings (SSSR count). The maximum absolute atomic E-state index is 13.1. The van der Waals surface area contributed by atoms with Gasteiger partial charge in [0.1, 0.15) is 17.5 Å².